The van der Waals surface area contributed by atoms with Gasteiger partial charge in [-0.1, -0.05) is 0 Å². The first-order chi connectivity index (χ1) is 9.74. The van der Waals surface area contributed by atoms with Crippen molar-refractivity contribution in [3.63, 3.8) is 0 Å². The Hall–Kier alpha value is -0.390. The summed E-state index contributed by atoms with van der Waals surface area (Å²) in [5.74, 6) is 4.10. The van der Waals surface area contributed by atoms with Crippen LogP contribution in [-0.4, -0.2) is 31.3 Å². The van der Waals surface area contributed by atoms with E-state index in [0.717, 1.165) is 22.5 Å². The second-order valence-electron chi connectivity index (χ2n) is 4.84. The van der Waals surface area contributed by atoms with Gasteiger partial charge in [-0.25, -0.2) is 0 Å². The largest absolute Gasteiger partial charge is 0.493 e. The van der Waals surface area contributed by atoms with Crippen LogP contribution >= 0.6 is 27.7 Å². The molecule has 0 amide bonds. The van der Waals surface area contributed by atoms with Crippen molar-refractivity contribution < 1.29 is 9.47 Å². The van der Waals surface area contributed by atoms with Crippen LogP contribution in [0.2, 0.25) is 0 Å². The van der Waals surface area contributed by atoms with Crippen molar-refractivity contribution in [2.24, 2.45) is 0 Å². The highest BCUT2D eigenvalue weighted by molar-refractivity contribution is 9.10. The predicted octanol–water partition coefficient (Wildman–Crippen LogP) is 3.84. The zero-order valence-electron chi connectivity index (χ0n) is 12.1. The van der Waals surface area contributed by atoms with Gasteiger partial charge < -0.3 is 14.8 Å². The summed E-state index contributed by atoms with van der Waals surface area (Å²) in [6.45, 7) is 3.47. The van der Waals surface area contributed by atoms with E-state index < -0.39 is 0 Å². The predicted molar refractivity (Wildman–Crippen MR) is 89.0 cm³/mol. The van der Waals surface area contributed by atoms with E-state index in [-0.39, 0.29) is 0 Å². The molecule has 1 unspecified atom stereocenters. The Morgan fingerprint density at radius 2 is 2.30 bits per heavy atom. The summed E-state index contributed by atoms with van der Waals surface area (Å²) in [7, 11) is 1.68. The van der Waals surface area contributed by atoms with Gasteiger partial charge in [0.2, 0.25) is 0 Å². The van der Waals surface area contributed by atoms with Crippen molar-refractivity contribution in [3.8, 4) is 11.5 Å². The number of methoxy groups -OCH3 is 1. The second-order valence-corrected chi connectivity index (χ2v) is 6.84. The average molecular weight is 360 g/mol. The van der Waals surface area contributed by atoms with Gasteiger partial charge in [-0.2, -0.15) is 11.8 Å². The maximum Gasteiger partial charge on any atom is 0.175 e. The van der Waals surface area contributed by atoms with Crippen LogP contribution in [0.15, 0.2) is 16.6 Å². The molecular weight excluding hydrogens is 338 g/mol. The van der Waals surface area contributed by atoms with Crippen LogP contribution in [0.3, 0.4) is 0 Å². The summed E-state index contributed by atoms with van der Waals surface area (Å²) in [6, 6.07) is 4.79. The topological polar surface area (TPSA) is 30.5 Å². The molecule has 0 saturated carbocycles. The van der Waals surface area contributed by atoms with Crippen LogP contribution in [-0.2, 0) is 6.54 Å². The Morgan fingerprint density at radius 3 is 2.95 bits per heavy atom. The van der Waals surface area contributed by atoms with E-state index in [2.05, 4.69) is 33.4 Å². The quantitative estimate of drug-likeness (QED) is 0.835. The van der Waals surface area contributed by atoms with E-state index in [1.54, 1.807) is 7.11 Å². The molecule has 1 heterocycles. The summed E-state index contributed by atoms with van der Waals surface area (Å²) in [5, 5.41) is 3.63. The third-order valence-corrected chi connectivity index (χ3v) is 5.14. The number of ether oxygens (including phenoxy) is 2. The number of hydrogen-bond donors (Lipinski definition) is 1. The maximum atomic E-state index is 5.61. The van der Waals surface area contributed by atoms with Gasteiger partial charge in [0.1, 0.15) is 0 Å². The van der Waals surface area contributed by atoms with E-state index in [1.165, 1.54) is 29.9 Å². The van der Waals surface area contributed by atoms with E-state index in [1.807, 2.05) is 18.7 Å². The Labute approximate surface area is 133 Å². The molecule has 2 rings (SSSR count). The fourth-order valence-corrected chi connectivity index (χ4v) is 4.03. The minimum absolute atomic E-state index is 0.630. The summed E-state index contributed by atoms with van der Waals surface area (Å²) in [5.41, 5.74) is 1.22. The SMILES string of the molecule is CCOc1c(Br)cc(CNC2CCCSC2)cc1OC. The molecule has 1 N–H and O–H groups in total. The van der Waals surface area contributed by atoms with Gasteiger partial charge in [-0.15, -0.1) is 0 Å². The molecule has 1 aliphatic rings. The number of halogens is 1. The number of hydrogen-bond acceptors (Lipinski definition) is 4. The Bertz CT molecular complexity index is 436. The first-order valence-electron chi connectivity index (χ1n) is 7.05. The van der Waals surface area contributed by atoms with E-state index in [0.29, 0.717) is 12.6 Å². The summed E-state index contributed by atoms with van der Waals surface area (Å²) in [4.78, 5) is 0. The van der Waals surface area contributed by atoms with Crippen molar-refractivity contribution >= 4 is 27.7 Å². The molecule has 1 saturated heterocycles. The molecule has 0 radical (unpaired) electrons. The molecule has 1 atom stereocenters. The molecule has 112 valence electrons. The van der Waals surface area contributed by atoms with Crippen molar-refractivity contribution in [2.75, 3.05) is 25.2 Å². The highest BCUT2D eigenvalue weighted by atomic mass is 79.9. The first-order valence-corrected chi connectivity index (χ1v) is 8.99. The Kier molecular flexibility index (Phi) is 6.52. The minimum atomic E-state index is 0.630. The van der Waals surface area contributed by atoms with Crippen LogP contribution in [0.5, 0.6) is 11.5 Å². The smallest absolute Gasteiger partial charge is 0.175 e. The van der Waals surface area contributed by atoms with E-state index in [4.69, 9.17) is 9.47 Å². The van der Waals surface area contributed by atoms with Crippen molar-refractivity contribution in [1.82, 2.24) is 5.32 Å². The summed E-state index contributed by atoms with van der Waals surface area (Å²) < 4.78 is 12.0. The molecular formula is C15H22BrNO2S. The van der Waals surface area contributed by atoms with Crippen LogP contribution in [0.1, 0.15) is 25.3 Å². The number of rotatable bonds is 6. The summed E-state index contributed by atoms with van der Waals surface area (Å²) >= 11 is 5.61. The fourth-order valence-electron chi connectivity index (χ4n) is 2.32. The average Bonchev–Trinajstić information content (AvgIpc) is 2.48. The van der Waals surface area contributed by atoms with Crippen LogP contribution in [0.25, 0.3) is 0 Å². The molecule has 0 spiro atoms. The Balaban J connectivity index is 2.02. The molecule has 1 aliphatic heterocycles. The lowest BCUT2D eigenvalue weighted by atomic mass is 10.1. The van der Waals surface area contributed by atoms with Gasteiger partial charge in [-0.05, 0) is 59.1 Å². The zero-order valence-corrected chi connectivity index (χ0v) is 14.5. The van der Waals surface area contributed by atoms with Gasteiger partial charge in [0.15, 0.2) is 11.5 Å². The highest BCUT2D eigenvalue weighted by Crippen LogP contribution is 2.36. The fraction of sp³-hybridized carbons (Fsp3) is 0.600. The lowest BCUT2D eigenvalue weighted by molar-refractivity contribution is 0.308. The molecule has 0 aromatic heterocycles. The van der Waals surface area contributed by atoms with Gasteiger partial charge in [0.05, 0.1) is 18.2 Å². The zero-order chi connectivity index (χ0) is 14.4. The Morgan fingerprint density at radius 1 is 1.45 bits per heavy atom. The standard InChI is InChI=1S/C15H22BrNO2S/c1-3-19-15-13(16)7-11(8-14(15)18-2)9-17-12-5-4-6-20-10-12/h7-8,12,17H,3-6,9-10H2,1-2H3. The third-order valence-electron chi connectivity index (χ3n) is 3.33. The molecule has 3 nitrogen and oxygen atoms in total. The molecule has 0 bridgehead atoms. The van der Waals surface area contributed by atoms with Crippen molar-refractivity contribution in [1.29, 1.82) is 0 Å². The van der Waals surface area contributed by atoms with Gasteiger partial charge >= 0.3 is 0 Å². The van der Waals surface area contributed by atoms with E-state index >= 15 is 0 Å². The van der Waals surface area contributed by atoms with Crippen LogP contribution in [0, 0.1) is 0 Å². The van der Waals surface area contributed by atoms with Crippen LogP contribution in [0.4, 0.5) is 0 Å². The molecule has 5 heteroatoms. The second kappa shape index (κ2) is 8.15. The molecule has 1 aromatic rings. The number of nitrogens with one attached hydrogen (secondary N) is 1. The van der Waals surface area contributed by atoms with Gasteiger partial charge in [-0.3, -0.25) is 0 Å². The van der Waals surface area contributed by atoms with Crippen molar-refractivity contribution in [3.05, 3.63) is 22.2 Å². The first kappa shape index (κ1) is 16.0. The minimum Gasteiger partial charge on any atom is -0.493 e. The molecule has 1 aromatic carbocycles. The maximum absolute atomic E-state index is 5.61. The normalized spacial score (nSPS) is 18.9. The molecule has 0 aliphatic carbocycles. The lowest BCUT2D eigenvalue weighted by Gasteiger charge is -2.23. The monoisotopic (exact) mass is 359 g/mol. The molecule has 20 heavy (non-hydrogen) atoms. The lowest BCUT2D eigenvalue weighted by Crippen LogP contribution is -2.33. The highest BCUT2D eigenvalue weighted by Gasteiger charge is 2.15. The van der Waals surface area contributed by atoms with Crippen LogP contribution < -0.4 is 14.8 Å². The van der Waals surface area contributed by atoms with Gasteiger partial charge in [0.25, 0.3) is 0 Å². The molecule has 1 fully saturated rings. The number of benzene rings is 1. The van der Waals surface area contributed by atoms with Crippen molar-refractivity contribution in [2.45, 2.75) is 32.4 Å². The number of thioether (sulfide) groups is 1. The van der Waals surface area contributed by atoms with E-state index in [9.17, 15) is 0 Å². The van der Waals surface area contributed by atoms with Gasteiger partial charge in [0, 0.05) is 18.3 Å². The summed E-state index contributed by atoms with van der Waals surface area (Å²) in [6.07, 6.45) is 2.60. The third kappa shape index (κ3) is 4.30.